The van der Waals surface area contributed by atoms with E-state index in [-0.39, 0.29) is 5.69 Å². The summed E-state index contributed by atoms with van der Waals surface area (Å²) in [4.78, 5) is 0. The largest absolute Gasteiger partial charge is 0.394 e. The smallest absolute Gasteiger partial charge is 0.183 e. The predicted molar refractivity (Wildman–Crippen MR) is 57.3 cm³/mol. The first-order chi connectivity index (χ1) is 7.97. The molecule has 0 atom stereocenters. The van der Waals surface area contributed by atoms with Crippen LogP contribution in [0.25, 0.3) is 0 Å². The minimum atomic E-state index is -1.25. The van der Waals surface area contributed by atoms with Crippen molar-refractivity contribution in [3.63, 3.8) is 0 Å². The Morgan fingerprint density at radius 3 is 2.35 bits per heavy atom. The highest BCUT2D eigenvalue weighted by Crippen LogP contribution is 2.23. The van der Waals surface area contributed by atoms with Gasteiger partial charge in [0.15, 0.2) is 11.6 Å². The second kappa shape index (κ2) is 5.08. The topological polar surface area (TPSA) is 76.3 Å². The van der Waals surface area contributed by atoms with E-state index in [4.69, 9.17) is 15.5 Å². The quantitative estimate of drug-likeness (QED) is 0.736. The van der Waals surface area contributed by atoms with E-state index in [1.165, 1.54) is 19.1 Å². The van der Waals surface area contributed by atoms with E-state index >= 15 is 0 Å². The Labute approximate surface area is 97.1 Å². The molecule has 1 rings (SSSR count). The van der Waals surface area contributed by atoms with Crippen LogP contribution in [0.3, 0.4) is 0 Å². The fraction of sp³-hybridized carbons (Fsp3) is 0.364. The van der Waals surface area contributed by atoms with Crippen LogP contribution in [0.4, 0.5) is 14.5 Å². The molecule has 17 heavy (non-hydrogen) atoms. The fourth-order valence-electron chi connectivity index (χ4n) is 1.19. The molecule has 1 aromatic rings. The lowest BCUT2D eigenvalue weighted by molar-refractivity contribution is 0.147. The molecule has 6 heteroatoms. The maximum atomic E-state index is 13.5. The molecule has 0 amide bonds. The van der Waals surface area contributed by atoms with Crippen LogP contribution in [-0.4, -0.2) is 29.0 Å². The minimum Gasteiger partial charge on any atom is -0.394 e. The predicted octanol–water partition coefficient (Wildman–Crippen LogP) is 0.992. The highest BCUT2D eigenvalue weighted by Gasteiger charge is 2.24. The maximum Gasteiger partial charge on any atom is 0.183 e. The van der Waals surface area contributed by atoms with Gasteiger partial charge in [-0.3, -0.25) is 0 Å². The Morgan fingerprint density at radius 2 is 1.88 bits per heavy atom. The number of hydrogen-bond acceptors (Lipinski definition) is 4. The van der Waals surface area contributed by atoms with E-state index in [2.05, 4.69) is 5.32 Å². The molecule has 0 heterocycles. The summed E-state index contributed by atoms with van der Waals surface area (Å²) in [6.45, 7) is 0.539. The van der Waals surface area contributed by atoms with Gasteiger partial charge in [-0.2, -0.15) is 5.26 Å². The number of rotatable bonds is 4. The summed E-state index contributed by atoms with van der Waals surface area (Å²) in [6.07, 6.45) is 0. The minimum absolute atomic E-state index is 0.216. The van der Waals surface area contributed by atoms with Crippen molar-refractivity contribution in [2.75, 3.05) is 18.5 Å². The molecule has 0 spiro atoms. The number of aliphatic hydroxyl groups is 2. The Bertz CT molecular complexity index is 454. The van der Waals surface area contributed by atoms with Crippen molar-refractivity contribution in [2.24, 2.45) is 0 Å². The molecule has 0 aliphatic rings. The number of halogens is 2. The Morgan fingerprint density at radius 1 is 1.29 bits per heavy atom. The average Bonchev–Trinajstić information content (AvgIpc) is 2.35. The highest BCUT2D eigenvalue weighted by molar-refractivity contribution is 5.51. The Hall–Kier alpha value is -1.71. The lowest BCUT2D eigenvalue weighted by atomic mass is 10.0. The molecule has 0 saturated heterocycles. The van der Waals surface area contributed by atoms with E-state index in [9.17, 15) is 8.78 Å². The van der Waals surface area contributed by atoms with Crippen molar-refractivity contribution in [3.8, 4) is 6.07 Å². The molecule has 0 aliphatic carbocycles. The summed E-state index contributed by atoms with van der Waals surface area (Å²) < 4.78 is 26.8. The Balaban J connectivity index is 3.10. The standard InChI is InChI=1S/C11H12F2N2O2/c1-11(5-16,6-17)15-8-3-2-7(4-14)9(12)10(8)13/h2-3,15-17H,5-6H2,1H3. The third-order valence-corrected chi connectivity index (χ3v) is 2.34. The highest BCUT2D eigenvalue weighted by atomic mass is 19.2. The van der Waals surface area contributed by atoms with E-state index in [1.54, 1.807) is 0 Å². The lowest BCUT2D eigenvalue weighted by Crippen LogP contribution is -2.42. The van der Waals surface area contributed by atoms with Gasteiger partial charge < -0.3 is 15.5 Å². The van der Waals surface area contributed by atoms with Gasteiger partial charge in [0.1, 0.15) is 6.07 Å². The second-order valence-corrected chi connectivity index (χ2v) is 3.90. The van der Waals surface area contributed by atoms with Gasteiger partial charge in [-0.1, -0.05) is 0 Å². The number of aliphatic hydroxyl groups excluding tert-OH is 2. The molecule has 3 N–H and O–H groups in total. The van der Waals surface area contributed by atoms with Crippen LogP contribution in [0, 0.1) is 23.0 Å². The van der Waals surface area contributed by atoms with Gasteiger partial charge in [-0.25, -0.2) is 8.78 Å². The first-order valence-electron chi connectivity index (χ1n) is 4.85. The van der Waals surface area contributed by atoms with Crippen LogP contribution < -0.4 is 5.32 Å². The van der Waals surface area contributed by atoms with E-state index < -0.39 is 36.0 Å². The first kappa shape index (κ1) is 13.4. The molecule has 0 fully saturated rings. The van der Waals surface area contributed by atoms with Gasteiger partial charge in [-0.05, 0) is 19.1 Å². The molecule has 0 radical (unpaired) electrons. The zero-order valence-electron chi connectivity index (χ0n) is 9.17. The summed E-state index contributed by atoms with van der Waals surface area (Å²) in [6, 6.07) is 3.81. The fourth-order valence-corrected chi connectivity index (χ4v) is 1.19. The summed E-state index contributed by atoms with van der Waals surface area (Å²) in [7, 11) is 0. The van der Waals surface area contributed by atoms with Gasteiger partial charge in [0.2, 0.25) is 0 Å². The SMILES string of the molecule is CC(CO)(CO)Nc1ccc(C#N)c(F)c1F. The van der Waals surface area contributed by atoms with E-state index in [0.29, 0.717) is 0 Å². The zero-order chi connectivity index (χ0) is 13.1. The van der Waals surface area contributed by atoms with Crippen LogP contribution in [0.5, 0.6) is 0 Å². The van der Waals surface area contributed by atoms with Gasteiger partial charge in [0, 0.05) is 0 Å². The number of benzene rings is 1. The van der Waals surface area contributed by atoms with Crippen LogP contribution in [-0.2, 0) is 0 Å². The molecular formula is C11H12F2N2O2. The van der Waals surface area contributed by atoms with Gasteiger partial charge >= 0.3 is 0 Å². The van der Waals surface area contributed by atoms with Crippen molar-refractivity contribution < 1.29 is 19.0 Å². The van der Waals surface area contributed by atoms with Crippen LogP contribution in [0.2, 0.25) is 0 Å². The van der Waals surface area contributed by atoms with E-state index in [0.717, 1.165) is 6.07 Å². The van der Waals surface area contributed by atoms with Crippen LogP contribution >= 0.6 is 0 Å². The van der Waals surface area contributed by atoms with E-state index in [1.807, 2.05) is 0 Å². The molecule has 0 saturated carbocycles. The molecule has 0 bridgehead atoms. The number of nitrogens with zero attached hydrogens (tertiary/aromatic N) is 1. The zero-order valence-corrected chi connectivity index (χ0v) is 9.17. The average molecular weight is 242 g/mol. The molecule has 1 aromatic carbocycles. The summed E-state index contributed by atoms with van der Waals surface area (Å²) in [5, 5.41) is 29.0. The molecular weight excluding hydrogens is 230 g/mol. The third kappa shape index (κ3) is 2.70. The molecule has 0 unspecified atom stereocenters. The normalized spacial score (nSPS) is 11.1. The maximum absolute atomic E-state index is 13.5. The van der Waals surface area contributed by atoms with Crippen molar-refractivity contribution in [2.45, 2.75) is 12.5 Å². The molecule has 92 valence electrons. The number of nitrogens with one attached hydrogen (secondary N) is 1. The number of anilines is 1. The van der Waals surface area contributed by atoms with Crippen LogP contribution in [0.1, 0.15) is 12.5 Å². The summed E-state index contributed by atoms with van der Waals surface area (Å²) in [5.41, 5.74) is -1.78. The molecule has 4 nitrogen and oxygen atoms in total. The summed E-state index contributed by atoms with van der Waals surface area (Å²) >= 11 is 0. The van der Waals surface area contributed by atoms with Gasteiger partial charge in [0.05, 0.1) is 30.0 Å². The molecule has 0 aliphatic heterocycles. The monoisotopic (exact) mass is 242 g/mol. The van der Waals surface area contributed by atoms with Crippen molar-refractivity contribution in [1.29, 1.82) is 5.26 Å². The Kier molecular flexibility index (Phi) is 3.99. The molecule has 0 aromatic heterocycles. The number of nitriles is 1. The summed E-state index contributed by atoms with van der Waals surface area (Å²) in [5.74, 6) is -2.46. The van der Waals surface area contributed by atoms with Gasteiger partial charge in [0.25, 0.3) is 0 Å². The van der Waals surface area contributed by atoms with Crippen molar-refractivity contribution >= 4 is 5.69 Å². The second-order valence-electron chi connectivity index (χ2n) is 3.90. The first-order valence-corrected chi connectivity index (χ1v) is 4.85. The van der Waals surface area contributed by atoms with Crippen molar-refractivity contribution in [1.82, 2.24) is 0 Å². The number of hydrogen-bond donors (Lipinski definition) is 3. The van der Waals surface area contributed by atoms with Crippen molar-refractivity contribution in [3.05, 3.63) is 29.3 Å². The lowest BCUT2D eigenvalue weighted by Gasteiger charge is -2.27. The third-order valence-electron chi connectivity index (χ3n) is 2.34. The van der Waals surface area contributed by atoms with Gasteiger partial charge in [-0.15, -0.1) is 0 Å². The van der Waals surface area contributed by atoms with Crippen LogP contribution in [0.15, 0.2) is 12.1 Å².